The van der Waals surface area contributed by atoms with Crippen LogP contribution in [0.4, 0.5) is 15.8 Å². The molecule has 3 aromatic heterocycles. The van der Waals surface area contributed by atoms with Crippen LogP contribution in [0.15, 0.2) is 65.6 Å². The van der Waals surface area contributed by atoms with Crippen molar-refractivity contribution >= 4 is 45.2 Å². The number of nitrogens with one attached hydrogen (secondary N) is 3. The second kappa shape index (κ2) is 9.47. The highest BCUT2D eigenvalue weighted by Gasteiger charge is 2.19. The summed E-state index contributed by atoms with van der Waals surface area (Å²) in [6.45, 7) is 0.559. The first-order chi connectivity index (χ1) is 16.6. The number of hydrogen-bond acceptors (Lipinski definition) is 7. The van der Waals surface area contributed by atoms with Crippen LogP contribution in [0.5, 0.6) is 0 Å². The number of fused-ring (bicyclic) bond motifs is 1. The maximum atomic E-state index is 13.5. The number of aromatic amines is 1. The molecule has 0 aliphatic heterocycles. The van der Waals surface area contributed by atoms with E-state index in [1.54, 1.807) is 35.7 Å². The van der Waals surface area contributed by atoms with Crippen molar-refractivity contribution < 1.29 is 4.39 Å². The highest BCUT2D eigenvalue weighted by atomic mass is 35.5. The molecule has 0 spiro atoms. The van der Waals surface area contributed by atoms with Gasteiger partial charge < -0.3 is 10.6 Å². The Hall–Kier alpha value is -4.00. The van der Waals surface area contributed by atoms with Gasteiger partial charge in [0.1, 0.15) is 17.6 Å². The summed E-state index contributed by atoms with van der Waals surface area (Å²) >= 11 is 8.22. The monoisotopic (exact) mass is 489 g/mol. The molecule has 34 heavy (non-hydrogen) atoms. The van der Waals surface area contributed by atoms with Gasteiger partial charge in [-0.2, -0.15) is 16.6 Å². The molecular formula is C24H17ClFN7S. The molecule has 0 aliphatic carbocycles. The van der Waals surface area contributed by atoms with Gasteiger partial charge in [-0.05, 0) is 52.2 Å². The van der Waals surface area contributed by atoms with E-state index in [0.717, 1.165) is 11.1 Å². The van der Waals surface area contributed by atoms with Crippen molar-refractivity contribution in [3.05, 3.63) is 98.8 Å². The number of thiophene rings is 1. The molecule has 0 radical (unpaired) electrons. The average molecular weight is 490 g/mol. The predicted molar refractivity (Wildman–Crippen MR) is 131 cm³/mol. The van der Waals surface area contributed by atoms with Gasteiger partial charge in [0.25, 0.3) is 0 Å². The van der Waals surface area contributed by atoms with Crippen molar-refractivity contribution in [1.82, 2.24) is 20.4 Å². The molecule has 0 bridgehead atoms. The highest BCUT2D eigenvalue weighted by Crippen LogP contribution is 2.35. The first-order valence-corrected chi connectivity index (χ1v) is 11.6. The van der Waals surface area contributed by atoms with Crippen LogP contribution in [-0.4, -0.2) is 20.4 Å². The number of aromatic nitrogens is 4. The molecule has 5 rings (SSSR count). The smallest absolute Gasteiger partial charge is 0.123 e. The van der Waals surface area contributed by atoms with E-state index in [-0.39, 0.29) is 5.82 Å². The second-order valence-corrected chi connectivity index (χ2v) is 8.71. The molecule has 0 fully saturated rings. The zero-order valence-electron chi connectivity index (χ0n) is 17.6. The number of anilines is 2. The fraction of sp³-hybridized carbons (Fsp3) is 0.0833. The summed E-state index contributed by atoms with van der Waals surface area (Å²) in [5.41, 5.74) is 4.88. The van der Waals surface area contributed by atoms with Gasteiger partial charge >= 0.3 is 0 Å². The van der Waals surface area contributed by atoms with E-state index in [2.05, 4.69) is 37.1 Å². The maximum absolute atomic E-state index is 13.5. The number of nitriles is 1. The first-order valence-electron chi connectivity index (χ1n) is 10.3. The lowest BCUT2D eigenvalue weighted by atomic mass is 10.0. The zero-order chi connectivity index (χ0) is 23.5. The van der Waals surface area contributed by atoms with Crippen molar-refractivity contribution in [3.63, 3.8) is 0 Å². The van der Waals surface area contributed by atoms with Crippen molar-refractivity contribution in [2.45, 2.75) is 12.6 Å². The quantitative estimate of drug-likeness (QED) is 0.263. The Balaban J connectivity index is 1.57. The Bertz CT molecular complexity index is 1460. The minimum absolute atomic E-state index is 0.326. The van der Waals surface area contributed by atoms with Gasteiger partial charge in [-0.25, -0.2) is 4.39 Å². The molecule has 0 saturated carbocycles. The summed E-state index contributed by atoms with van der Waals surface area (Å²) in [7, 11) is 0. The molecule has 3 N–H and O–H groups in total. The van der Waals surface area contributed by atoms with E-state index in [0.29, 0.717) is 45.1 Å². The van der Waals surface area contributed by atoms with Gasteiger partial charge in [0.15, 0.2) is 0 Å². The van der Waals surface area contributed by atoms with Crippen LogP contribution >= 0.6 is 22.9 Å². The normalized spacial score (nSPS) is 11.8. The Morgan fingerprint density at radius 3 is 2.76 bits per heavy atom. The van der Waals surface area contributed by atoms with E-state index in [9.17, 15) is 9.65 Å². The highest BCUT2D eigenvalue weighted by molar-refractivity contribution is 7.07. The van der Waals surface area contributed by atoms with Crippen LogP contribution in [0.1, 0.15) is 28.4 Å². The summed E-state index contributed by atoms with van der Waals surface area (Å²) in [6, 6.07) is 13.6. The molecule has 2 aromatic carbocycles. The third-order valence-electron chi connectivity index (χ3n) is 5.34. The average Bonchev–Trinajstić information content (AvgIpc) is 3.56. The van der Waals surface area contributed by atoms with Crippen LogP contribution in [0, 0.1) is 17.1 Å². The topological polar surface area (TPSA) is 102 Å². The first kappa shape index (κ1) is 21.8. The lowest BCUT2D eigenvalue weighted by molar-refractivity contribution is 0.626. The number of hydrogen-bond donors (Lipinski definition) is 3. The minimum Gasteiger partial charge on any atom is -0.379 e. The third-order valence-corrected chi connectivity index (χ3v) is 6.36. The van der Waals surface area contributed by atoms with E-state index < -0.39 is 6.04 Å². The fourth-order valence-corrected chi connectivity index (χ4v) is 4.64. The molecule has 5 aromatic rings. The number of benzene rings is 2. The minimum atomic E-state index is -0.415. The number of pyridine rings is 1. The van der Waals surface area contributed by atoms with Gasteiger partial charge in [0, 0.05) is 30.0 Å². The molecule has 3 heterocycles. The Morgan fingerprint density at radius 2 is 2.06 bits per heavy atom. The lowest BCUT2D eigenvalue weighted by Gasteiger charge is -2.20. The van der Waals surface area contributed by atoms with Gasteiger partial charge in [-0.1, -0.05) is 28.9 Å². The van der Waals surface area contributed by atoms with Crippen molar-refractivity contribution in [2.75, 3.05) is 10.6 Å². The molecule has 1 atom stereocenters. The van der Waals surface area contributed by atoms with Crippen LogP contribution < -0.4 is 10.6 Å². The molecule has 0 amide bonds. The van der Waals surface area contributed by atoms with E-state index >= 15 is 0 Å². The molecule has 0 saturated heterocycles. The van der Waals surface area contributed by atoms with Gasteiger partial charge in [0.2, 0.25) is 0 Å². The van der Waals surface area contributed by atoms with Gasteiger partial charge in [-0.15, -0.1) is 5.10 Å². The standard InChI is InChI=1S/C24H17ClFN7S/c25-20-8-18(31-23(21-12-30-33-32-21)15-1-3-17(26)4-2-15)7-19-22(16(9-27)11-29-24(19)20)28-10-14-5-6-34-13-14/h1-8,11-13,23,31H,10H2,(H,28,29)(H,30,32,33). The predicted octanol–water partition coefficient (Wildman–Crippen LogP) is 5.89. The summed E-state index contributed by atoms with van der Waals surface area (Å²) in [6.07, 6.45) is 3.20. The third kappa shape index (κ3) is 4.41. The Labute approximate surface area is 203 Å². The molecular weight excluding hydrogens is 473 g/mol. The Morgan fingerprint density at radius 1 is 1.21 bits per heavy atom. The fourth-order valence-electron chi connectivity index (χ4n) is 3.70. The van der Waals surface area contributed by atoms with Crippen LogP contribution in [0.3, 0.4) is 0 Å². The van der Waals surface area contributed by atoms with Crippen molar-refractivity contribution in [2.24, 2.45) is 0 Å². The number of halogens is 2. The van der Waals surface area contributed by atoms with Gasteiger partial charge in [-0.3, -0.25) is 10.1 Å². The molecule has 0 aliphatic rings. The van der Waals surface area contributed by atoms with E-state index in [1.807, 2.05) is 22.9 Å². The lowest BCUT2D eigenvalue weighted by Crippen LogP contribution is -2.13. The Kier molecular flexibility index (Phi) is 6.08. The molecule has 7 nitrogen and oxygen atoms in total. The van der Waals surface area contributed by atoms with Crippen LogP contribution in [0.25, 0.3) is 10.9 Å². The SMILES string of the molecule is N#Cc1cnc2c(Cl)cc(NC(c3ccc(F)cc3)c3c[nH]nn3)cc2c1NCc1ccsc1. The second-order valence-electron chi connectivity index (χ2n) is 7.53. The van der Waals surface area contributed by atoms with Crippen molar-refractivity contribution in [1.29, 1.82) is 5.26 Å². The summed E-state index contributed by atoms with van der Waals surface area (Å²) in [4.78, 5) is 4.41. The summed E-state index contributed by atoms with van der Waals surface area (Å²) in [5.74, 6) is -0.326. The summed E-state index contributed by atoms with van der Waals surface area (Å²) < 4.78 is 13.5. The number of nitrogens with zero attached hydrogens (tertiary/aromatic N) is 4. The van der Waals surface area contributed by atoms with Crippen molar-refractivity contribution in [3.8, 4) is 6.07 Å². The number of H-pyrrole nitrogens is 1. The molecule has 1 unspecified atom stereocenters. The van der Waals surface area contributed by atoms with Gasteiger partial charge in [0.05, 0.1) is 27.8 Å². The number of rotatable bonds is 7. The maximum Gasteiger partial charge on any atom is 0.123 e. The molecule has 168 valence electrons. The van der Waals surface area contributed by atoms with Crippen LogP contribution in [-0.2, 0) is 6.54 Å². The zero-order valence-corrected chi connectivity index (χ0v) is 19.2. The van der Waals surface area contributed by atoms with Crippen LogP contribution in [0.2, 0.25) is 5.02 Å². The van der Waals surface area contributed by atoms with E-state index in [1.165, 1.54) is 18.3 Å². The largest absolute Gasteiger partial charge is 0.379 e. The van der Waals surface area contributed by atoms with E-state index in [4.69, 9.17) is 11.6 Å². The molecule has 10 heteroatoms. The summed E-state index contributed by atoms with van der Waals surface area (Å²) in [5, 5.41) is 32.3.